The summed E-state index contributed by atoms with van der Waals surface area (Å²) < 4.78 is 79.0. The molecule has 0 unspecified atom stereocenters. The van der Waals surface area contributed by atoms with Gasteiger partial charge < -0.3 is 10.6 Å². The third-order valence-electron chi connectivity index (χ3n) is 6.44. The van der Waals surface area contributed by atoms with Crippen LogP contribution >= 0.6 is 0 Å². The Morgan fingerprint density at radius 3 is 1.48 bits per heavy atom. The quantitative estimate of drug-likeness (QED) is 0.205. The van der Waals surface area contributed by atoms with Gasteiger partial charge in [-0.15, -0.1) is 0 Å². The molecule has 0 heterocycles. The molecule has 2 amide bonds. The van der Waals surface area contributed by atoms with Crippen LogP contribution in [0.15, 0.2) is 109 Å². The van der Waals surface area contributed by atoms with Crippen LogP contribution in [0, 0.1) is 0 Å². The van der Waals surface area contributed by atoms with Gasteiger partial charge in [-0.1, -0.05) is 48.5 Å². The zero-order chi connectivity index (χ0) is 30.1. The molecule has 0 radical (unpaired) electrons. The zero-order valence-corrected chi connectivity index (χ0v) is 21.5. The molecule has 0 aliphatic rings. The van der Waals surface area contributed by atoms with Crippen molar-refractivity contribution in [3.63, 3.8) is 0 Å². The zero-order valence-electron chi connectivity index (χ0n) is 21.5. The topological polar surface area (TPSA) is 58.2 Å². The minimum Gasteiger partial charge on any atom is -0.322 e. The lowest BCUT2D eigenvalue weighted by Gasteiger charge is -2.13. The van der Waals surface area contributed by atoms with Gasteiger partial charge in [0.1, 0.15) is 0 Å². The Hall–Kier alpha value is -5.12. The number of benzene rings is 5. The van der Waals surface area contributed by atoms with E-state index in [1.807, 2.05) is 36.4 Å². The number of carbonyl (C=O) groups is 2. The van der Waals surface area contributed by atoms with Crippen molar-refractivity contribution in [2.24, 2.45) is 0 Å². The van der Waals surface area contributed by atoms with Gasteiger partial charge in [0.15, 0.2) is 0 Å². The van der Waals surface area contributed by atoms with E-state index in [2.05, 4.69) is 10.6 Å². The number of nitrogens with one attached hydrogen (secondary N) is 2. The lowest BCUT2D eigenvalue weighted by molar-refractivity contribution is -0.138. The van der Waals surface area contributed by atoms with E-state index < -0.39 is 35.3 Å². The highest BCUT2D eigenvalue weighted by Gasteiger charge is 2.31. The average Bonchev–Trinajstić information content (AvgIpc) is 2.96. The molecule has 0 saturated heterocycles. The monoisotopic (exact) mass is 578 g/mol. The molecule has 5 rings (SSSR count). The van der Waals surface area contributed by atoms with Crippen LogP contribution in [0.25, 0.3) is 21.9 Å². The Labute approximate surface area is 235 Å². The first-order valence-corrected chi connectivity index (χ1v) is 12.5. The number of carbonyl (C=O) groups excluding carboxylic acids is 2. The summed E-state index contributed by atoms with van der Waals surface area (Å²) in [6.45, 7) is 0. The Kier molecular flexibility index (Phi) is 7.47. The van der Waals surface area contributed by atoms with Gasteiger partial charge in [-0.05, 0) is 82.6 Å². The summed E-state index contributed by atoms with van der Waals surface area (Å²) in [5, 5.41) is 6.67. The SMILES string of the molecule is O=C(Nc1cccc(C(F)(F)F)c1)c1cc(C(=O)Nc2cccc(C(F)(F)F)c2)cc(-c2ccc3ccccc3c2)c1. The van der Waals surface area contributed by atoms with Crippen molar-refractivity contribution in [1.29, 1.82) is 0 Å². The first-order chi connectivity index (χ1) is 19.9. The molecule has 0 fully saturated rings. The molecule has 0 spiro atoms. The van der Waals surface area contributed by atoms with Gasteiger partial charge in [-0.3, -0.25) is 9.59 Å². The maximum absolute atomic E-state index is 13.2. The van der Waals surface area contributed by atoms with E-state index in [0.717, 1.165) is 47.2 Å². The normalized spacial score (nSPS) is 11.8. The maximum atomic E-state index is 13.2. The van der Waals surface area contributed by atoms with Crippen LogP contribution in [0.2, 0.25) is 0 Å². The predicted octanol–water partition coefficient (Wildman–Crippen LogP) is 9.05. The Morgan fingerprint density at radius 1 is 0.476 bits per heavy atom. The molecule has 5 aromatic rings. The fourth-order valence-electron chi connectivity index (χ4n) is 4.38. The molecule has 4 nitrogen and oxygen atoms in total. The summed E-state index contributed by atoms with van der Waals surface area (Å²) in [6, 6.07) is 25.3. The number of amides is 2. The molecular weight excluding hydrogens is 558 g/mol. The highest BCUT2D eigenvalue weighted by Crippen LogP contribution is 2.33. The van der Waals surface area contributed by atoms with Crippen molar-refractivity contribution in [3.05, 3.63) is 131 Å². The van der Waals surface area contributed by atoms with Gasteiger partial charge in [0.2, 0.25) is 0 Å². The van der Waals surface area contributed by atoms with Crippen molar-refractivity contribution >= 4 is 34.0 Å². The minimum atomic E-state index is -4.62. The van der Waals surface area contributed by atoms with Crippen molar-refractivity contribution in [1.82, 2.24) is 0 Å². The summed E-state index contributed by atoms with van der Waals surface area (Å²) in [6.07, 6.45) is -9.24. The number of anilines is 2. The molecule has 0 saturated carbocycles. The number of rotatable bonds is 5. The number of fused-ring (bicyclic) bond motifs is 1. The first kappa shape index (κ1) is 28.4. The molecule has 0 atom stereocenters. The smallest absolute Gasteiger partial charge is 0.322 e. The number of hydrogen-bond acceptors (Lipinski definition) is 2. The third-order valence-corrected chi connectivity index (χ3v) is 6.44. The van der Waals surface area contributed by atoms with E-state index in [0.29, 0.717) is 11.1 Å². The second-order valence-electron chi connectivity index (χ2n) is 9.43. The summed E-state index contributed by atoms with van der Waals surface area (Å²) in [5.41, 5.74) is -1.15. The van der Waals surface area contributed by atoms with E-state index in [1.165, 1.54) is 30.3 Å². The van der Waals surface area contributed by atoms with Crippen molar-refractivity contribution in [2.45, 2.75) is 12.4 Å². The highest BCUT2D eigenvalue weighted by atomic mass is 19.4. The van der Waals surface area contributed by atoms with Crippen LogP contribution < -0.4 is 10.6 Å². The van der Waals surface area contributed by atoms with E-state index in [1.54, 1.807) is 6.07 Å². The van der Waals surface area contributed by atoms with E-state index in [-0.39, 0.29) is 22.5 Å². The van der Waals surface area contributed by atoms with Gasteiger partial charge in [0.05, 0.1) is 11.1 Å². The Morgan fingerprint density at radius 2 is 0.976 bits per heavy atom. The molecular formula is C32H20F6N2O2. The molecule has 0 aromatic heterocycles. The summed E-state index contributed by atoms with van der Waals surface area (Å²) >= 11 is 0. The second kappa shape index (κ2) is 11.0. The van der Waals surface area contributed by atoms with Crippen LogP contribution in [0.4, 0.5) is 37.7 Å². The van der Waals surface area contributed by atoms with Crippen LogP contribution in [-0.4, -0.2) is 11.8 Å². The minimum absolute atomic E-state index is 0.0488. The third kappa shape index (κ3) is 6.43. The molecule has 2 N–H and O–H groups in total. The highest BCUT2D eigenvalue weighted by molar-refractivity contribution is 6.10. The largest absolute Gasteiger partial charge is 0.416 e. The molecule has 10 heteroatoms. The Balaban J connectivity index is 1.53. The molecule has 42 heavy (non-hydrogen) atoms. The molecule has 0 aliphatic heterocycles. The van der Waals surface area contributed by atoms with Crippen molar-refractivity contribution in [3.8, 4) is 11.1 Å². The van der Waals surface area contributed by atoms with Gasteiger partial charge in [-0.25, -0.2) is 0 Å². The second-order valence-corrected chi connectivity index (χ2v) is 9.43. The maximum Gasteiger partial charge on any atom is 0.416 e. The lowest BCUT2D eigenvalue weighted by atomic mass is 9.96. The molecule has 0 bridgehead atoms. The van der Waals surface area contributed by atoms with E-state index in [9.17, 15) is 35.9 Å². The summed E-state index contributed by atoms with van der Waals surface area (Å²) in [4.78, 5) is 26.4. The number of alkyl halides is 6. The van der Waals surface area contributed by atoms with Gasteiger partial charge in [0, 0.05) is 22.5 Å². The molecule has 0 aliphatic carbocycles. The fourth-order valence-corrected chi connectivity index (χ4v) is 4.38. The van der Waals surface area contributed by atoms with E-state index >= 15 is 0 Å². The predicted molar refractivity (Wildman–Crippen MR) is 148 cm³/mol. The fraction of sp³-hybridized carbons (Fsp3) is 0.0625. The average molecular weight is 579 g/mol. The number of halogens is 6. The summed E-state index contributed by atoms with van der Waals surface area (Å²) in [7, 11) is 0. The first-order valence-electron chi connectivity index (χ1n) is 12.5. The number of hydrogen-bond donors (Lipinski definition) is 2. The van der Waals surface area contributed by atoms with Crippen molar-refractivity contribution in [2.75, 3.05) is 10.6 Å². The molecule has 5 aromatic carbocycles. The van der Waals surface area contributed by atoms with Gasteiger partial charge in [-0.2, -0.15) is 26.3 Å². The lowest BCUT2D eigenvalue weighted by Crippen LogP contribution is -2.17. The van der Waals surface area contributed by atoms with Crippen LogP contribution in [0.1, 0.15) is 31.8 Å². The van der Waals surface area contributed by atoms with E-state index in [4.69, 9.17) is 0 Å². The van der Waals surface area contributed by atoms with Gasteiger partial charge >= 0.3 is 12.4 Å². The van der Waals surface area contributed by atoms with Crippen LogP contribution in [0.3, 0.4) is 0 Å². The van der Waals surface area contributed by atoms with Crippen LogP contribution in [-0.2, 0) is 12.4 Å². The van der Waals surface area contributed by atoms with Gasteiger partial charge in [0.25, 0.3) is 11.8 Å². The Bertz CT molecular complexity index is 1720. The van der Waals surface area contributed by atoms with Crippen LogP contribution in [0.5, 0.6) is 0 Å². The summed E-state index contributed by atoms with van der Waals surface area (Å²) in [5.74, 6) is -1.57. The molecule has 212 valence electrons. The standard InChI is InChI=1S/C32H20F6N2O2/c33-31(34,35)25-7-3-9-27(17-25)39-29(41)23-14-22(21-12-11-19-5-1-2-6-20(19)13-21)15-24(16-23)30(42)40-28-10-4-8-26(18-28)32(36,37)38/h1-18H,(H,39,41)(H,40,42). The van der Waals surface area contributed by atoms with Crippen molar-refractivity contribution < 1.29 is 35.9 Å².